The van der Waals surface area contributed by atoms with Crippen molar-refractivity contribution in [2.75, 3.05) is 19.0 Å². The minimum absolute atomic E-state index is 0.0822. The first-order valence-corrected chi connectivity index (χ1v) is 25.9. The number of anilines is 1. The summed E-state index contributed by atoms with van der Waals surface area (Å²) in [5.41, 5.74) is 8.48. The standard InChI is InChI=1S/C48H51NS4.C3H8.2C2H6/c1-12-28-22-31-42-32(23-28)45(39-19-21-41(53-39)49(10)11)46(36-15-14-30(13-2)50-36)33-24-29(26(3)4)25-34(43(33)42)47(37-17-16-35(51-37)27(5)6)44(31)38-18-20-40(52-38)48(7,8)9;1-3-2;2*1-2/h14-27H,12-13H2,1-11H3;3H2,1-2H3;2*1-2H3. The van der Waals surface area contributed by atoms with Crippen LogP contribution in [0.1, 0.15) is 148 Å². The number of thiophene rings is 4. The minimum atomic E-state index is 0.0822. The van der Waals surface area contributed by atoms with Crippen molar-refractivity contribution in [1.82, 2.24) is 0 Å². The highest BCUT2D eigenvalue weighted by Gasteiger charge is 2.29. The summed E-state index contributed by atoms with van der Waals surface area (Å²) in [6, 6.07) is 29.3. The van der Waals surface area contributed by atoms with E-state index < -0.39 is 0 Å². The molecule has 0 bridgehead atoms. The van der Waals surface area contributed by atoms with Gasteiger partial charge in [0.2, 0.25) is 0 Å². The number of hydrogen-bond donors (Lipinski definition) is 0. The molecule has 8 aromatic rings. The largest absolute Gasteiger partial charge is 0.370 e. The number of nitrogens with zero attached hydrogens (tertiary/aromatic N) is 1. The second kappa shape index (κ2) is 20.1. The van der Waals surface area contributed by atoms with E-state index >= 15 is 0 Å². The van der Waals surface area contributed by atoms with Crippen LogP contribution in [0, 0.1) is 0 Å². The van der Waals surface area contributed by atoms with E-state index in [1.165, 1.54) is 111 Å². The van der Waals surface area contributed by atoms with Gasteiger partial charge in [-0.2, -0.15) is 0 Å². The van der Waals surface area contributed by atoms with Gasteiger partial charge in [0, 0.05) is 70.5 Å². The Morgan fingerprint density at radius 1 is 0.517 bits per heavy atom. The lowest BCUT2D eigenvalue weighted by Gasteiger charge is -2.25. The highest BCUT2D eigenvalue weighted by Crippen LogP contribution is 2.57. The average Bonchev–Trinajstić information content (AvgIpc) is 4.07. The maximum atomic E-state index is 2.57. The van der Waals surface area contributed by atoms with Crippen molar-refractivity contribution >= 4 is 82.7 Å². The van der Waals surface area contributed by atoms with Crippen LogP contribution >= 0.6 is 45.3 Å². The molecule has 60 heavy (non-hydrogen) atoms. The molecule has 0 spiro atoms. The molecule has 4 aromatic carbocycles. The lowest BCUT2D eigenvalue weighted by atomic mass is 9.79. The van der Waals surface area contributed by atoms with E-state index in [1.54, 1.807) is 0 Å². The van der Waals surface area contributed by atoms with Gasteiger partial charge in [-0.3, -0.25) is 0 Å². The van der Waals surface area contributed by atoms with Crippen LogP contribution in [0.25, 0.3) is 74.1 Å². The molecule has 4 heterocycles. The predicted molar refractivity (Wildman–Crippen MR) is 282 cm³/mol. The highest BCUT2D eigenvalue weighted by atomic mass is 32.1. The van der Waals surface area contributed by atoms with Crippen LogP contribution in [-0.2, 0) is 18.3 Å². The minimum Gasteiger partial charge on any atom is -0.370 e. The molecule has 8 rings (SSSR count). The van der Waals surface area contributed by atoms with Crippen LogP contribution < -0.4 is 4.90 Å². The van der Waals surface area contributed by atoms with E-state index in [2.05, 4.69) is 168 Å². The maximum absolute atomic E-state index is 2.57. The van der Waals surface area contributed by atoms with E-state index in [-0.39, 0.29) is 5.41 Å². The molecule has 0 saturated carbocycles. The van der Waals surface area contributed by atoms with Crippen molar-refractivity contribution < 1.29 is 0 Å². The van der Waals surface area contributed by atoms with Crippen LogP contribution in [0.2, 0.25) is 0 Å². The number of aryl methyl sites for hydroxylation is 2. The molecule has 0 atom stereocenters. The Balaban J connectivity index is 0.000000922. The van der Waals surface area contributed by atoms with Gasteiger partial charge in [-0.15, -0.1) is 45.3 Å². The van der Waals surface area contributed by atoms with Gasteiger partial charge in [0.05, 0.1) is 5.00 Å². The Bertz CT molecular complexity index is 2630. The second-order valence-electron chi connectivity index (χ2n) is 17.2. The molecular weight excluding hydrogens is 803 g/mol. The summed E-state index contributed by atoms with van der Waals surface area (Å²) < 4.78 is 0. The van der Waals surface area contributed by atoms with Crippen LogP contribution in [0.5, 0.6) is 0 Å². The van der Waals surface area contributed by atoms with Crippen molar-refractivity contribution in [3.05, 3.63) is 98.6 Å². The summed E-state index contributed by atoms with van der Waals surface area (Å²) in [4.78, 5) is 12.0. The van der Waals surface area contributed by atoms with Crippen molar-refractivity contribution in [2.24, 2.45) is 0 Å². The lowest BCUT2D eigenvalue weighted by molar-refractivity contribution is 0.604. The van der Waals surface area contributed by atoms with Crippen LogP contribution in [0.4, 0.5) is 5.00 Å². The lowest BCUT2D eigenvalue weighted by Crippen LogP contribution is -2.07. The van der Waals surface area contributed by atoms with Gasteiger partial charge < -0.3 is 4.90 Å². The summed E-state index contributed by atoms with van der Waals surface area (Å²) in [6.45, 7) is 33.3. The fourth-order valence-corrected chi connectivity index (χ4v) is 12.1. The summed E-state index contributed by atoms with van der Waals surface area (Å²) in [7, 11) is 4.32. The zero-order chi connectivity index (χ0) is 44.2. The quantitative estimate of drug-likeness (QED) is 0.131. The zero-order valence-electron chi connectivity index (χ0n) is 39.8. The Morgan fingerprint density at radius 3 is 1.37 bits per heavy atom. The summed E-state index contributed by atoms with van der Waals surface area (Å²) in [6.07, 6.45) is 3.28. The Hall–Kier alpha value is -3.48. The molecular formula is C55H71NS4. The second-order valence-corrected chi connectivity index (χ2v) is 21.6. The number of benzene rings is 4. The fraction of sp³-hybridized carbons (Fsp3) is 0.418. The molecule has 0 aliphatic carbocycles. The average molecular weight is 874 g/mol. The van der Waals surface area contributed by atoms with Gasteiger partial charge in [0.25, 0.3) is 0 Å². The molecule has 0 aliphatic heterocycles. The molecule has 5 heteroatoms. The number of rotatable bonds is 9. The monoisotopic (exact) mass is 873 g/mol. The third kappa shape index (κ3) is 9.17. The predicted octanol–water partition coefficient (Wildman–Crippen LogP) is 19.7. The number of hydrogen-bond acceptors (Lipinski definition) is 5. The Morgan fingerprint density at radius 2 is 0.967 bits per heavy atom. The van der Waals surface area contributed by atoms with E-state index in [1.807, 2.05) is 73.0 Å². The first-order chi connectivity index (χ1) is 28.7. The van der Waals surface area contributed by atoms with Crippen LogP contribution in [-0.4, -0.2) is 14.1 Å². The molecule has 0 saturated heterocycles. The first kappa shape index (κ1) is 47.6. The van der Waals surface area contributed by atoms with E-state index in [4.69, 9.17) is 0 Å². The van der Waals surface area contributed by atoms with Gasteiger partial charge >= 0.3 is 0 Å². The smallest absolute Gasteiger partial charge is 0.0909 e. The molecule has 0 unspecified atom stereocenters. The molecule has 1 nitrogen and oxygen atoms in total. The van der Waals surface area contributed by atoms with Crippen LogP contribution in [0.15, 0.2) is 72.8 Å². The van der Waals surface area contributed by atoms with Crippen molar-refractivity contribution in [3.63, 3.8) is 0 Å². The van der Waals surface area contributed by atoms with E-state index in [0.717, 1.165) is 12.8 Å². The van der Waals surface area contributed by atoms with Gasteiger partial charge in [-0.05, 0) is 122 Å². The fourth-order valence-electron chi connectivity index (χ4n) is 7.87. The normalized spacial score (nSPS) is 11.6. The van der Waals surface area contributed by atoms with Gasteiger partial charge in [-0.1, -0.05) is 135 Å². The van der Waals surface area contributed by atoms with E-state index in [0.29, 0.717) is 11.8 Å². The molecule has 4 aromatic heterocycles. The SMILES string of the molecule is CC.CC.CCC.CCc1cc2c(-c3ccc(N(C)C)s3)c(-c3ccc(CC)s3)c3cc(C(C)C)cc4c(-c5ccc(C(C)C)s5)c(-c5ccc(C(C)(C)C)s5)c(c1)c2c34. The molecule has 320 valence electrons. The Kier molecular flexibility index (Phi) is 16.0. The topological polar surface area (TPSA) is 3.24 Å². The third-order valence-electron chi connectivity index (χ3n) is 10.8. The third-order valence-corrected chi connectivity index (χ3v) is 16.3. The molecule has 0 radical (unpaired) electrons. The molecule has 0 N–H and O–H groups in total. The summed E-state index contributed by atoms with van der Waals surface area (Å²) in [5, 5.41) is 9.68. The van der Waals surface area contributed by atoms with Crippen LogP contribution in [0.3, 0.4) is 0 Å². The maximum Gasteiger partial charge on any atom is 0.0909 e. The van der Waals surface area contributed by atoms with Gasteiger partial charge in [0.15, 0.2) is 0 Å². The zero-order valence-corrected chi connectivity index (χ0v) is 43.1. The van der Waals surface area contributed by atoms with Crippen molar-refractivity contribution in [3.8, 4) is 41.8 Å². The van der Waals surface area contributed by atoms with Crippen molar-refractivity contribution in [1.29, 1.82) is 0 Å². The molecule has 0 amide bonds. The van der Waals surface area contributed by atoms with Gasteiger partial charge in [-0.25, -0.2) is 0 Å². The highest BCUT2D eigenvalue weighted by molar-refractivity contribution is 7.20. The Labute approximate surface area is 379 Å². The van der Waals surface area contributed by atoms with Crippen molar-refractivity contribution in [2.45, 2.75) is 140 Å². The first-order valence-electron chi connectivity index (χ1n) is 22.6. The van der Waals surface area contributed by atoms with E-state index in [9.17, 15) is 0 Å². The summed E-state index contributed by atoms with van der Waals surface area (Å²) >= 11 is 7.87. The molecule has 0 aliphatic rings. The molecule has 0 fully saturated rings. The summed E-state index contributed by atoms with van der Waals surface area (Å²) in [5.74, 6) is 0.871. The van der Waals surface area contributed by atoms with Gasteiger partial charge in [0.1, 0.15) is 0 Å².